The molecule has 756 valence electrons. The number of ether oxygens (including phenoxy) is 12. The number of benzene rings is 9. The molecule has 0 bridgehead atoms. The van der Waals surface area contributed by atoms with Crippen LogP contribution in [0.1, 0.15) is 207 Å². The Labute approximate surface area is 838 Å². The number of hydrogen-bond donors (Lipinski definition) is 0. The number of nitriles is 3. The fourth-order valence-corrected chi connectivity index (χ4v) is 24.4. The largest absolute Gasteiger partial charge is 0.497 e. The number of nitrogens with zero attached hydrogens (tertiary/aromatic N) is 6. The molecule has 9 aromatic carbocycles. The average molecular weight is 1970 g/mol. The second-order valence-corrected chi connectivity index (χ2v) is 41.2. The maximum absolute atomic E-state index is 9.23. The number of rotatable bonds is 50. The van der Waals surface area contributed by atoms with E-state index in [4.69, 9.17) is 84.0 Å². The highest BCUT2D eigenvalue weighted by Gasteiger charge is 2.52. The van der Waals surface area contributed by atoms with Crippen molar-refractivity contribution >= 4 is 25.6 Å². The van der Waals surface area contributed by atoms with E-state index < -0.39 is 42.4 Å². The first kappa shape index (κ1) is 113. The van der Waals surface area contributed by atoms with Gasteiger partial charge in [0.25, 0.3) is 25.6 Å². The Morgan fingerprint density at radius 3 is 0.679 bits per heavy atom. The summed E-state index contributed by atoms with van der Waals surface area (Å²) in [7, 11) is 5.61. The van der Waals surface area contributed by atoms with Crippen molar-refractivity contribution in [2.24, 2.45) is 17.8 Å². The predicted molar refractivity (Wildman–Crippen MR) is 555 cm³/mol. The van der Waals surface area contributed by atoms with Crippen LogP contribution in [0.3, 0.4) is 0 Å². The Morgan fingerprint density at radius 1 is 0.286 bits per heavy atom. The van der Waals surface area contributed by atoms with Crippen LogP contribution < -0.4 is 28.4 Å². The summed E-state index contributed by atoms with van der Waals surface area (Å²) in [5, 5.41) is 27.7. The van der Waals surface area contributed by atoms with Gasteiger partial charge < -0.3 is 84.0 Å². The van der Waals surface area contributed by atoms with Crippen LogP contribution in [0.5, 0.6) is 34.5 Å². The maximum atomic E-state index is 9.23. The minimum absolute atomic E-state index is 0.00390. The van der Waals surface area contributed by atoms with E-state index in [1.807, 2.05) is 127 Å². The summed E-state index contributed by atoms with van der Waals surface area (Å²) in [6.07, 6.45) is 0.624. The van der Waals surface area contributed by atoms with Crippen molar-refractivity contribution in [2.75, 3.05) is 82.3 Å². The molecular formula is C113H151N6O18P3. The summed E-state index contributed by atoms with van der Waals surface area (Å²) in [6, 6.07) is 86.7. The van der Waals surface area contributed by atoms with Crippen LogP contribution in [0.15, 0.2) is 237 Å². The van der Waals surface area contributed by atoms with E-state index >= 15 is 0 Å². The van der Waals surface area contributed by atoms with Crippen molar-refractivity contribution < 1.29 is 84.0 Å². The van der Waals surface area contributed by atoms with Crippen molar-refractivity contribution in [2.45, 2.75) is 265 Å². The van der Waals surface area contributed by atoms with Crippen LogP contribution in [-0.4, -0.2) is 187 Å². The van der Waals surface area contributed by atoms with E-state index in [1.165, 1.54) is 0 Å². The first-order valence-corrected chi connectivity index (χ1v) is 52.6. The molecule has 3 saturated heterocycles. The van der Waals surface area contributed by atoms with Gasteiger partial charge in [0.05, 0.1) is 156 Å². The fourth-order valence-electron chi connectivity index (χ4n) is 18.9. The Bertz CT molecular complexity index is 4820. The summed E-state index contributed by atoms with van der Waals surface area (Å²) < 4.78 is 121. The smallest absolute Gasteiger partial charge is 0.259 e. The highest BCUT2D eigenvalue weighted by molar-refractivity contribution is 7.45. The number of hydrogen-bond acceptors (Lipinski definition) is 24. The van der Waals surface area contributed by atoms with Gasteiger partial charge in [0.15, 0.2) is 0 Å². The van der Waals surface area contributed by atoms with Gasteiger partial charge in [-0.25, -0.2) is 14.0 Å². The molecule has 0 N–H and O–H groups in total. The topological polar surface area (TPSA) is 247 Å². The Morgan fingerprint density at radius 2 is 0.486 bits per heavy atom. The zero-order valence-electron chi connectivity index (χ0n) is 86.6. The lowest BCUT2D eigenvalue weighted by molar-refractivity contribution is -0.0803. The molecular weight excluding hydrogens is 1820 g/mol. The molecule has 3 aliphatic rings. The van der Waals surface area contributed by atoms with Gasteiger partial charge in [-0.1, -0.05) is 198 Å². The van der Waals surface area contributed by atoms with Gasteiger partial charge in [-0.2, -0.15) is 15.8 Å². The third kappa shape index (κ3) is 28.1. The van der Waals surface area contributed by atoms with Crippen LogP contribution in [0, 0.1) is 51.7 Å². The summed E-state index contributed by atoms with van der Waals surface area (Å²) in [5.74, 6) is 4.89. The molecule has 140 heavy (non-hydrogen) atoms. The molecule has 3 fully saturated rings. The fraction of sp³-hybridized carbons (Fsp3) is 0.496. The van der Waals surface area contributed by atoms with E-state index in [0.717, 1.165) is 97.4 Å². The molecule has 15 unspecified atom stereocenters. The summed E-state index contributed by atoms with van der Waals surface area (Å²) in [6.45, 7) is 40.4. The Hall–Kier alpha value is -9.06. The molecule has 0 amide bonds. The van der Waals surface area contributed by atoms with E-state index in [1.54, 1.807) is 42.7 Å². The van der Waals surface area contributed by atoms with Gasteiger partial charge in [0, 0.05) is 54.0 Å². The second kappa shape index (κ2) is 55.7. The third-order valence-corrected chi connectivity index (χ3v) is 32.4. The zero-order chi connectivity index (χ0) is 101. The van der Waals surface area contributed by atoms with Crippen LogP contribution in [-0.2, 0) is 72.4 Å². The second-order valence-electron chi connectivity index (χ2n) is 37.0. The zero-order valence-corrected chi connectivity index (χ0v) is 89.2. The summed E-state index contributed by atoms with van der Waals surface area (Å²) >= 11 is 0. The van der Waals surface area contributed by atoms with E-state index in [9.17, 15) is 15.8 Å². The van der Waals surface area contributed by atoms with Gasteiger partial charge in [-0.3, -0.25) is 0 Å². The lowest BCUT2D eigenvalue weighted by atomic mass is 9.80. The minimum atomic E-state index is -1.47. The Balaban J connectivity index is 0.000000216. The average Bonchev–Trinajstić information content (AvgIpc) is 1.09. The van der Waals surface area contributed by atoms with Gasteiger partial charge in [-0.15, -0.1) is 0 Å². The monoisotopic (exact) mass is 1970 g/mol. The predicted octanol–water partition coefficient (Wildman–Crippen LogP) is 25.1. The first-order valence-electron chi connectivity index (χ1n) is 49.2. The molecule has 12 rings (SSSR count). The standard InChI is InChI=1S/2C38H51N2O6P.C37H49N2O6P/c2*1-9-35-29(6)37(46-47(44-25-13-24-39)40(27(2)3)28(4)5)36(45-35)26-43-38(30-14-11-10-12-15-30,31-16-20-33(41-7)21-17-31)32-18-22-34(42-8)23-19-32;1-26(2)39(27(3)4)46(43-24-12-23-38)45-36-28(5)29(6)44-35(36)25-42-37(30-13-10-9-11-14-30,31-15-19-33(40-7)20-16-31)32-17-21-34(41-8)22-18-32/h2*10-12,14-23,27-29,35-37H,9,13,25-26H2,1-8H3;9-11,13-22,26-29,35-36H,12,24-25H2,1-8H3. The van der Waals surface area contributed by atoms with Crippen molar-refractivity contribution in [1.82, 2.24) is 14.0 Å². The first-order chi connectivity index (χ1) is 67.5. The van der Waals surface area contributed by atoms with Crippen molar-refractivity contribution in [3.8, 4) is 52.7 Å². The van der Waals surface area contributed by atoms with Crippen LogP contribution >= 0.6 is 25.6 Å². The highest BCUT2D eigenvalue weighted by Crippen LogP contribution is 2.56. The lowest BCUT2D eigenvalue weighted by Gasteiger charge is -2.39. The Kier molecular flexibility index (Phi) is 44.9. The highest BCUT2D eigenvalue weighted by atomic mass is 31.2. The molecule has 9 aromatic rings. The SMILES string of the molecule is CCC1OC(COC(c2ccccc2)(c2ccc(OC)cc2)c2ccc(OC)cc2)C(OP(OCCC#N)N(C(C)C)C(C)C)C1C.CCC1OC(COC(c2ccccc2)(c2ccc(OC)cc2)c2ccc(OC)cc2)C(OP(OCCC#N)N(C(C)C)C(C)C)C1C.COc1ccc(C(OCC2OC(C)C(C)C2OP(OCCC#N)N(C(C)C)C(C)C)(c2ccccc2)c2ccc(OC)cc2)cc1. The van der Waals surface area contributed by atoms with Crippen molar-refractivity contribution in [1.29, 1.82) is 15.8 Å². The molecule has 0 radical (unpaired) electrons. The van der Waals surface area contributed by atoms with Crippen molar-refractivity contribution in [3.05, 3.63) is 287 Å². The van der Waals surface area contributed by atoms with Crippen molar-refractivity contribution in [3.63, 3.8) is 0 Å². The van der Waals surface area contributed by atoms with Gasteiger partial charge in [0.2, 0.25) is 0 Å². The molecule has 15 atom stereocenters. The van der Waals surface area contributed by atoms with Gasteiger partial charge >= 0.3 is 0 Å². The van der Waals surface area contributed by atoms with E-state index in [2.05, 4.69) is 266 Å². The van der Waals surface area contributed by atoms with Crippen LogP contribution in [0.25, 0.3) is 0 Å². The molecule has 0 aliphatic carbocycles. The summed E-state index contributed by atoms with van der Waals surface area (Å²) in [5.41, 5.74) is 5.76. The molecule has 0 saturated carbocycles. The molecule has 3 aliphatic heterocycles. The molecule has 27 heteroatoms. The van der Waals surface area contributed by atoms with Gasteiger partial charge in [-0.05, 0) is 226 Å². The van der Waals surface area contributed by atoms with E-state index in [-0.39, 0.29) is 129 Å². The maximum Gasteiger partial charge on any atom is 0.259 e. The number of methoxy groups -OCH3 is 6. The molecule has 0 spiro atoms. The summed E-state index contributed by atoms with van der Waals surface area (Å²) in [4.78, 5) is 0. The van der Waals surface area contributed by atoms with E-state index in [0.29, 0.717) is 39.1 Å². The molecule has 3 heterocycles. The van der Waals surface area contributed by atoms with Gasteiger partial charge in [0.1, 0.15) is 69.6 Å². The molecule has 0 aromatic heterocycles. The molecule has 24 nitrogen and oxygen atoms in total. The third-order valence-electron chi connectivity index (χ3n) is 26.0. The lowest BCUT2D eigenvalue weighted by Crippen LogP contribution is -2.40. The normalized spacial score (nSPS) is 20.5. The quantitative estimate of drug-likeness (QED) is 0.0195. The van der Waals surface area contributed by atoms with Crippen LogP contribution in [0.4, 0.5) is 0 Å². The van der Waals surface area contributed by atoms with Crippen LogP contribution in [0.2, 0.25) is 0 Å². The minimum Gasteiger partial charge on any atom is -0.497 e.